The summed E-state index contributed by atoms with van der Waals surface area (Å²) in [6.07, 6.45) is 6.34. The van der Waals surface area contributed by atoms with Gasteiger partial charge in [-0.25, -0.2) is 0 Å². The number of aliphatic hydroxyl groups excluding tert-OH is 1. The molecule has 2 N–H and O–H groups in total. The molecule has 1 aliphatic heterocycles. The molecule has 1 amide bonds. The third-order valence-corrected chi connectivity index (χ3v) is 4.88. The molecule has 1 aromatic heterocycles. The normalized spacial score (nSPS) is 24.4. The first-order valence-corrected chi connectivity index (χ1v) is 8.51. The molecule has 9 heteroatoms. The predicted octanol–water partition coefficient (Wildman–Crippen LogP) is 0.423. The van der Waals surface area contributed by atoms with Crippen molar-refractivity contribution >= 4 is 41.5 Å². The maximum Gasteiger partial charge on any atom is 0.246 e. The molecule has 0 aromatic carbocycles. The van der Waals surface area contributed by atoms with Crippen molar-refractivity contribution in [3.05, 3.63) is 12.4 Å². The second kappa shape index (κ2) is 8.84. The highest BCUT2D eigenvalue weighted by molar-refractivity contribution is 14.0. The van der Waals surface area contributed by atoms with E-state index in [0.717, 1.165) is 30.9 Å². The Morgan fingerprint density at radius 3 is 2.80 bits per heavy atom. The van der Waals surface area contributed by atoms with E-state index in [2.05, 4.69) is 15.4 Å². The number of nitrogens with one attached hydrogen (secondary N) is 1. The molecule has 140 valence electrons. The molecule has 25 heavy (non-hydrogen) atoms. The average molecular weight is 462 g/mol. The van der Waals surface area contributed by atoms with Gasteiger partial charge in [0.1, 0.15) is 6.54 Å². The topological polar surface area (TPSA) is 86.0 Å². The van der Waals surface area contributed by atoms with E-state index < -0.39 is 0 Å². The highest BCUT2D eigenvalue weighted by Gasteiger charge is 2.29. The van der Waals surface area contributed by atoms with Crippen molar-refractivity contribution in [3.63, 3.8) is 0 Å². The lowest BCUT2D eigenvalue weighted by Crippen LogP contribution is -2.56. The standard InChI is InChI=1S/C16H26N6O2.HI/c1-17-16(18-8-12-4-3-5-14(12)23)21-6-7-22(15(24)11-21)13-9-19-20(2)10-13;/h9-10,12,14,23H,3-8,11H2,1-2H3,(H,17,18);1H. The largest absolute Gasteiger partial charge is 0.393 e. The Hall–Kier alpha value is -1.36. The maximum atomic E-state index is 12.5. The lowest BCUT2D eigenvalue weighted by molar-refractivity contribution is -0.120. The summed E-state index contributed by atoms with van der Waals surface area (Å²) in [5, 5.41) is 17.4. The molecule has 3 rings (SSSR count). The fourth-order valence-electron chi connectivity index (χ4n) is 3.48. The smallest absolute Gasteiger partial charge is 0.246 e. The molecule has 8 nitrogen and oxygen atoms in total. The van der Waals surface area contributed by atoms with Gasteiger partial charge in [0.25, 0.3) is 0 Å². The molecular weight excluding hydrogens is 435 g/mol. The van der Waals surface area contributed by atoms with E-state index in [1.165, 1.54) is 0 Å². The molecule has 2 aliphatic rings. The first-order valence-electron chi connectivity index (χ1n) is 8.51. The number of hydrogen-bond acceptors (Lipinski definition) is 4. The second-order valence-electron chi connectivity index (χ2n) is 6.53. The molecule has 2 heterocycles. The summed E-state index contributed by atoms with van der Waals surface area (Å²) in [6, 6.07) is 0. The maximum absolute atomic E-state index is 12.5. The zero-order valence-corrected chi connectivity index (χ0v) is 17.1. The van der Waals surface area contributed by atoms with Gasteiger partial charge in [-0.3, -0.25) is 14.5 Å². The van der Waals surface area contributed by atoms with Crippen molar-refractivity contribution in [2.75, 3.05) is 38.1 Å². The van der Waals surface area contributed by atoms with Crippen LogP contribution in [0.4, 0.5) is 5.69 Å². The first kappa shape index (κ1) is 20.0. The molecule has 1 saturated heterocycles. The fourth-order valence-corrected chi connectivity index (χ4v) is 3.48. The summed E-state index contributed by atoms with van der Waals surface area (Å²) in [7, 11) is 3.57. The summed E-state index contributed by atoms with van der Waals surface area (Å²) in [6.45, 7) is 2.32. The number of carbonyl (C=O) groups excluding carboxylic acids is 1. The molecule has 0 bridgehead atoms. The van der Waals surface area contributed by atoms with Crippen molar-refractivity contribution in [3.8, 4) is 0 Å². The van der Waals surface area contributed by atoms with Crippen molar-refractivity contribution in [1.82, 2.24) is 20.0 Å². The Morgan fingerprint density at radius 1 is 1.44 bits per heavy atom. The van der Waals surface area contributed by atoms with Crippen LogP contribution in [0.1, 0.15) is 19.3 Å². The Bertz CT molecular complexity index is 620. The van der Waals surface area contributed by atoms with Gasteiger partial charge in [0.15, 0.2) is 5.96 Å². The molecule has 0 spiro atoms. The molecular formula is C16H27IN6O2. The van der Waals surface area contributed by atoms with E-state index in [1.54, 1.807) is 22.8 Å². The quantitative estimate of drug-likeness (QED) is 0.387. The third-order valence-electron chi connectivity index (χ3n) is 4.88. The number of aromatic nitrogens is 2. The van der Waals surface area contributed by atoms with Crippen LogP contribution in [0.25, 0.3) is 0 Å². The van der Waals surface area contributed by atoms with Crippen LogP contribution < -0.4 is 10.2 Å². The number of halogens is 1. The van der Waals surface area contributed by atoms with Crippen LogP contribution in [-0.2, 0) is 11.8 Å². The zero-order valence-electron chi connectivity index (χ0n) is 14.8. The third kappa shape index (κ3) is 4.63. The number of guanidine groups is 1. The number of aliphatic imine (C=N–C) groups is 1. The number of aliphatic hydroxyl groups is 1. The molecule has 1 saturated carbocycles. The van der Waals surface area contributed by atoms with Crippen LogP contribution in [-0.4, -0.2) is 71.0 Å². The van der Waals surface area contributed by atoms with E-state index in [9.17, 15) is 9.90 Å². The number of aryl methyl sites for hydroxylation is 1. The predicted molar refractivity (Wildman–Crippen MR) is 107 cm³/mol. The van der Waals surface area contributed by atoms with Gasteiger partial charge in [-0.05, 0) is 12.8 Å². The molecule has 1 aliphatic carbocycles. The van der Waals surface area contributed by atoms with Crippen molar-refractivity contribution in [2.45, 2.75) is 25.4 Å². The lowest BCUT2D eigenvalue weighted by Gasteiger charge is -2.35. The first-order chi connectivity index (χ1) is 11.6. The van der Waals surface area contributed by atoms with Gasteiger partial charge in [-0.2, -0.15) is 5.10 Å². The molecule has 2 fully saturated rings. The summed E-state index contributed by atoms with van der Waals surface area (Å²) < 4.78 is 1.70. The van der Waals surface area contributed by atoms with Gasteiger partial charge >= 0.3 is 0 Å². The SMILES string of the molecule is CN=C(NCC1CCCC1O)N1CCN(c2cnn(C)c2)C(=O)C1.I. The van der Waals surface area contributed by atoms with Gasteiger partial charge in [0.2, 0.25) is 5.91 Å². The van der Waals surface area contributed by atoms with E-state index >= 15 is 0 Å². The van der Waals surface area contributed by atoms with Gasteiger partial charge in [-0.1, -0.05) is 6.42 Å². The van der Waals surface area contributed by atoms with Crippen LogP contribution in [0, 0.1) is 5.92 Å². The van der Waals surface area contributed by atoms with Crippen LogP contribution in [0.3, 0.4) is 0 Å². The fraction of sp³-hybridized carbons (Fsp3) is 0.688. The van der Waals surface area contributed by atoms with E-state index in [4.69, 9.17) is 0 Å². The Morgan fingerprint density at radius 2 is 2.24 bits per heavy atom. The minimum Gasteiger partial charge on any atom is -0.393 e. The average Bonchev–Trinajstić information content (AvgIpc) is 3.17. The van der Waals surface area contributed by atoms with Gasteiger partial charge in [0, 0.05) is 45.8 Å². The number of anilines is 1. The van der Waals surface area contributed by atoms with E-state index in [-0.39, 0.29) is 41.9 Å². The number of amides is 1. The highest BCUT2D eigenvalue weighted by Crippen LogP contribution is 2.24. The monoisotopic (exact) mass is 462 g/mol. The molecule has 2 atom stereocenters. The number of hydrogen-bond donors (Lipinski definition) is 2. The van der Waals surface area contributed by atoms with Crippen molar-refractivity contribution < 1.29 is 9.90 Å². The van der Waals surface area contributed by atoms with E-state index in [1.807, 2.05) is 18.1 Å². The molecule has 1 aromatic rings. The van der Waals surface area contributed by atoms with Gasteiger partial charge in [-0.15, -0.1) is 24.0 Å². The van der Waals surface area contributed by atoms with Crippen LogP contribution in [0.15, 0.2) is 17.4 Å². The number of nitrogens with zero attached hydrogens (tertiary/aromatic N) is 5. The van der Waals surface area contributed by atoms with Gasteiger partial charge < -0.3 is 20.2 Å². The minimum atomic E-state index is -0.223. The van der Waals surface area contributed by atoms with Crippen LogP contribution in [0.5, 0.6) is 0 Å². The Labute approximate surface area is 165 Å². The summed E-state index contributed by atoms with van der Waals surface area (Å²) >= 11 is 0. The highest BCUT2D eigenvalue weighted by atomic mass is 127. The molecule has 2 unspecified atom stereocenters. The van der Waals surface area contributed by atoms with Gasteiger partial charge in [0.05, 0.1) is 18.0 Å². The Balaban J connectivity index is 0.00000225. The number of carbonyl (C=O) groups is 1. The van der Waals surface area contributed by atoms with Crippen LogP contribution >= 0.6 is 24.0 Å². The summed E-state index contributed by atoms with van der Waals surface area (Å²) in [4.78, 5) is 20.5. The summed E-state index contributed by atoms with van der Waals surface area (Å²) in [5.74, 6) is 1.04. The van der Waals surface area contributed by atoms with Crippen LogP contribution in [0.2, 0.25) is 0 Å². The number of rotatable bonds is 3. The minimum absolute atomic E-state index is 0. The number of piperazine rings is 1. The van der Waals surface area contributed by atoms with Crippen molar-refractivity contribution in [1.29, 1.82) is 0 Å². The lowest BCUT2D eigenvalue weighted by atomic mass is 10.1. The van der Waals surface area contributed by atoms with E-state index in [0.29, 0.717) is 26.2 Å². The Kier molecular flexibility index (Phi) is 7.05. The zero-order chi connectivity index (χ0) is 17.1. The van der Waals surface area contributed by atoms with Crippen molar-refractivity contribution in [2.24, 2.45) is 18.0 Å². The second-order valence-corrected chi connectivity index (χ2v) is 6.53. The molecule has 0 radical (unpaired) electrons. The summed E-state index contributed by atoms with van der Waals surface area (Å²) in [5.41, 5.74) is 0.833.